The van der Waals surface area contributed by atoms with Crippen LogP contribution in [0.4, 0.5) is 0 Å². The van der Waals surface area contributed by atoms with Crippen LogP contribution in [-0.2, 0) is 0 Å². The van der Waals surface area contributed by atoms with Crippen LogP contribution in [0.5, 0.6) is 0 Å². The van der Waals surface area contributed by atoms with Crippen molar-refractivity contribution in [3.05, 3.63) is 200 Å². The Balaban J connectivity index is 1.15. The Labute approximate surface area is 323 Å². The molecular weight excluding hydrogens is 683 g/mol. The van der Waals surface area contributed by atoms with E-state index in [9.17, 15) is 0 Å². The second kappa shape index (κ2) is 13.0. The average Bonchev–Trinajstić information content (AvgIpc) is 3.79. The van der Waals surface area contributed by atoms with Crippen LogP contribution in [0.3, 0.4) is 0 Å². The Kier molecular flexibility index (Phi) is 7.42. The third-order valence-electron chi connectivity index (χ3n) is 10.8. The quantitative estimate of drug-likeness (QED) is 0.172. The number of para-hydroxylation sites is 2. The third-order valence-corrected chi connectivity index (χ3v) is 10.8. The van der Waals surface area contributed by atoms with Crippen LogP contribution in [0.15, 0.2) is 200 Å². The van der Waals surface area contributed by atoms with Gasteiger partial charge in [0.2, 0.25) is 0 Å². The van der Waals surface area contributed by atoms with E-state index < -0.39 is 0 Å². The second-order valence-corrected chi connectivity index (χ2v) is 14.1. The van der Waals surface area contributed by atoms with Crippen molar-refractivity contribution in [1.29, 1.82) is 0 Å². The highest BCUT2D eigenvalue weighted by atomic mass is 15.0. The van der Waals surface area contributed by atoms with Crippen LogP contribution in [0, 0.1) is 0 Å². The van der Waals surface area contributed by atoms with Gasteiger partial charge in [0.05, 0.1) is 22.1 Å². The van der Waals surface area contributed by atoms with Crippen LogP contribution >= 0.6 is 0 Å². The molecule has 56 heavy (non-hydrogen) atoms. The first-order chi connectivity index (χ1) is 27.8. The molecule has 5 nitrogen and oxygen atoms in total. The molecule has 0 amide bonds. The van der Waals surface area contributed by atoms with Crippen LogP contribution in [-0.4, -0.2) is 24.1 Å². The molecule has 0 saturated carbocycles. The molecule has 0 spiro atoms. The van der Waals surface area contributed by atoms with Gasteiger partial charge in [0.15, 0.2) is 17.5 Å². The SMILES string of the molecule is c1ccc(-c2ccc3c(c2)c2ccc(-n4c5ccccc5c5ccccc54)cc2n3-c2cccc(-c3nc(-c4ccccc4)nc(-c4ccccc4)n3)c2)cc1. The Hall–Kier alpha value is -7.63. The lowest BCUT2D eigenvalue weighted by atomic mass is 10.0. The summed E-state index contributed by atoms with van der Waals surface area (Å²) in [5, 5.41) is 4.86. The molecule has 0 aliphatic carbocycles. The maximum Gasteiger partial charge on any atom is 0.164 e. The predicted octanol–water partition coefficient (Wildman–Crippen LogP) is 12.7. The van der Waals surface area contributed by atoms with Gasteiger partial charge in [-0.3, -0.25) is 0 Å². The molecule has 8 aromatic carbocycles. The van der Waals surface area contributed by atoms with Crippen molar-refractivity contribution < 1.29 is 0 Å². The first kappa shape index (κ1) is 31.9. The molecule has 5 heteroatoms. The van der Waals surface area contributed by atoms with Gasteiger partial charge >= 0.3 is 0 Å². The zero-order valence-corrected chi connectivity index (χ0v) is 30.3. The lowest BCUT2D eigenvalue weighted by Gasteiger charge is -2.13. The highest BCUT2D eigenvalue weighted by molar-refractivity contribution is 6.12. The van der Waals surface area contributed by atoms with E-state index in [4.69, 9.17) is 15.0 Å². The summed E-state index contributed by atoms with van der Waals surface area (Å²) in [7, 11) is 0. The molecule has 0 N–H and O–H groups in total. The largest absolute Gasteiger partial charge is 0.309 e. The van der Waals surface area contributed by atoms with Gasteiger partial charge in [0, 0.05) is 49.6 Å². The fourth-order valence-electron chi connectivity index (χ4n) is 8.16. The molecule has 3 aromatic heterocycles. The lowest BCUT2D eigenvalue weighted by molar-refractivity contribution is 1.07. The zero-order chi connectivity index (χ0) is 37.0. The Morgan fingerprint density at radius 2 is 0.714 bits per heavy atom. The molecular formula is C51H33N5. The molecule has 0 atom stereocenters. The number of benzene rings is 8. The lowest BCUT2D eigenvalue weighted by Crippen LogP contribution is -2.01. The third kappa shape index (κ3) is 5.29. The van der Waals surface area contributed by atoms with E-state index >= 15 is 0 Å². The molecule has 3 heterocycles. The van der Waals surface area contributed by atoms with E-state index in [2.05, 4.69) is 149 Å². The average molecular weight is 716 g/mol. The van der Waals surface area contributed by atoms with Crippen molar-refractivity contribution in [3.63, 3.8) is 0 Å². The summed E-state index contributed by atoms with van der Waals surface area (Å²) < 4.78 is 4.77. The van der Waals surface area contributed by atoms with E-state index in [1.54, 1.807) is 0 Å². The molecule has 0 fully saturated rings. The van der Waals surface area contributed by atoms with E-state index in [0.29, 0.717) is 17.5 Å². The van der Waals surface area contributed by atoms with E-state index in [1.165, 1.54) is 43.7 Å². The highest BCUT2D eigenvalue weighted by Gasteiger charge is 2.19. The number of hydrogen-bond acceptors (Lipinski definition) is 3. The van der Waals surface area contributed by atoms with Crippen molar-refractivity contribution in [2.45, 2.75) is 0 Å². The molecule has 0 unspecified atom stereocenters. The van der Waals surface area contributed by atoms with E-state index in [1.807, 2.05) is 60.7 Å². The molecule has 11 rings (SSSR count). The Morgan fingerprint density at radius 3 is 1.34 bits per heavy atom. The summed E-state index contributed by atoms with van der Waals surface area (Å²) in [6.45, 7) is 0. The fraction of sp³-hybridized carbons (Fsp3) is 0. The van der Waals surface area contributed by atoms with Crippen molar-refractivity contribution in [2.24, 2.45) is 0 Å². The first-order valence-electron chi connectivity index (χ1n) is 18.9. The Morgan fingerprint density at radius 1 is 0.250 bits per heavy atom. The molecule has 262 valence electrons. The molecule has 0 aliphatic rings. The minimum absolute atomic E-state index is 0.623. The number of aromatic nitrogens is 5. The topological polar surface area (TPSA) is 48.5 Å². The maximum absolute atomic E-state index is 5.06. The number of rotatable bonds is 6. The van der Waals surface area contributed by atoms with Crippen LogP contribution in [0.25, 0.3) is 100 Å². The summed E-state index contributed by atoms with van der Waals surface area (Å²) in [5.41, 5.74) is 11.9. The fourth-order valence-corrected chi connectivity index (χ4v) is 8.16. The molecule has 0 saturated heterocycles. The molecule has 0 bridgehead atoms. The van der Waals surface area contributed by atoms with E-state index in [-0.39, 0.29) is 0 Å². The Bertz CT molecular complexity index is 3120. The predicted molar refractivity (Wildman–Crippen MR) is 230 cm³/mol. The van der Waals surface area contributed by atoms with Crippen molar-refractivity contribution in [1.82, 2.24) is 24.1 Å². The van der Waals surface area contributed by atoms with Crippen LogP contribution in [0.1, 0.15) is 0 Å². The monoisotopic (exact) mass is 715 g/mol. The minimum atomic E-state index is 0.623. The zero-order valence-electron chi connectivity index (χ0n) is 30.3. The van der Waals surface area contributed by atoms with Gasteiger partial charge in [-0.2, -0.15) is 0 Å². The van der Waals surface area contributed by atoms with Crippen molar-refractivity contribution in [2.75, 3.05) is 0 Å². The van der Waals surface area contributed by atoms with E-state index in [0.717, 1.165) is 39.1 Å². The van der Waals surface area contributed by atoms with Gasteiger partial charge < -0.3 is 9.13 Å². The number of fused-ring (bicyclic) bond motifs is 6. The van der Waals surface area contributed by atoms with Gasteiger partial charge in [-0.15, -0.1) is 0 Å². The molecule has 0 radical (unpaired) electrons. The number of nitrogens with zero attached hydrogens (tertiary/aromatic N) is 5. The van der Waals surface area contributed by atoms with Crippen molar-refractivity contribution in [3.8, 4) is 56.7 Å². The van der Waals surface area contributed by atoms with Gasteiger partial charge in [-0.25, -0.2) is 15.0 Å². The highest BCUT2D eigenvalue weighted by Crippen LogP contribution is 2.39. The van der Waals surface area contributed by atoms with Gasteiger partial charge in [0.1, 0.15) is 0 Å². The first-order valence-corrected chi connectivity index (χ1v) is 18.9. The summed E-state index contributed by atoms with van der Waals surface area (Å²) >= 11 is 0. The minimum Gasteiger partial charge on any atom is -0.309 e. The number of hydrogen-bond donors (Lipinski definition) is 0. The summed E-state index contributed by atoms with van der Waals surface area (Å²) in [6, 6.07) is 70.5. The van der Waals surface area contributed by atoms with Crippen molar-refractivity contribution >= 4 is 43.6 Å². The van der Waals surface area contributed by atoms with Gasteiger partial charge in [0.25, 0.3) is 0 Å². The van der Waals surface area contributed by atoms with Gasteiger partial charge in [-0.05, 0) is 59.7 Å². The summed E-state index contributed by atoms with van der Waals surface area (Å²) in [5.74, 6) is 1.90. The standard InChI is InChI=1S/C51H33N5/c1-4-15-34(16-5-1)37-27-30-47-44(32-37)43-29-28-40(55-45-25-12-10-23-41(45)42-24-11-13-26-46(42)55)33-48(43)56(47)39-22-14-21-38(31-39)51-53-49(35-17-6-2-7-18-35)52-50(54-51)36-19-8-3-9-20-36/h1-33H. The summed E-state index contributed by atoms with van der Waals surface area (Å²) in [6.07, 6.45) is 0. The second-order valence-electron chi connectivity index (χ2n) is 14.1. The smallest absolute Gasteiger partial charge is 0.164 e. The normalized spacial score (nSPS) is 11.6. The van der Waals surface area contributed by atoms with Crippen LogP contribution in [0.2, 0.25) is 0 Å². The summed E-state index contributed by atoms with van der Waals surface area (Å²) in [4.78, 5) is 15.1. The maximum atomic E-state index is 5.06. The molecule has 11 aromatic rings. The van der Waals surface area contributed by atoms with Gasteiger partial charge in [-0.1, -0.05) is 152 Å². The van der Waals surface area contributed by atoms with Crippen LogP contribution < -0.4 is 0 Å². The molecule has 0 aliphatic heterocycles.